The molecule has 1 unspecified atom stereocenters. The van der Waals surface area contributed by atoms with E-state index < -0.39 is 11.4 Å². The summed E-state index contributed by atoms with van der Waals surface area (Å²) < 4.78 is 6.39. The number of hydrogen-bond donors (Lipinski definition) is 1. The molecule has 0 saturated carbocycles. The van der Waals surface area contributed by atoms with Gasteiger partial charge in [0.05, 0.1) is 5.52 Å². The molecule has 1 aromatic carbocycles. The van der Waals surface area contributed by atoms with Gasteiger partial charge in [0.25, 0.3) is 0 Å². The number of pyridine rings is 1. The summed E-state index contributed by atoms with van der Waals surface area (Å²) in [4.78, 5) is 15.3. The van der Waals surface area contributed by atoms with Crippen molar-refractivity contribution >= 4 is 44.6 Å². The van der Waals surface area contributed by atoms with Crippen molar-refractivity contribution in [1.29, 1.82) is 0 Å². The number of aliphatic carboxylic acids is 1. The van der Waals surface area contributed by atoms with Crippen LogP contribution in [0.5, 0.6) is 5.75 Å². The summed E-state index contributed by atoms with van der Waals surface area (Å²) >= 11 is 4.51. The van der Waals surface area contributed by atoms with Gasteiger partial charge >= 0.3 is 5.97 Å². The third-order valence-corrected chi connectivity index (χ3v) is 3.75. The van der Waals surface area contributed by atoms with Crippen LogP contribution >= 0.6 is 27.7 Å². The first kappa shape index (κ1) is 14.1. The third-order valence-electron chi connectivity index (χ3n) is 2.59. The van der Waals surface area contributed by atoms with E-state index in [-0.39, 0.29) is 0 Å². The van der Waals surface area contributed by atoms with Gasteiger partial charge in [-0.05, 0) is 52.9 Å². The lowest BCUT2D eigenvalue weighted by atomic mass is 10.1. The Labute approximate surface area is 123 Å². The summed E-state index contributed by atoms with van der Waals surface area (Å²) in [6.45, 7) is 1.87. The summed E-state index contributed by atoms with van der Waals surface area (Å²) in [5.74, 6) is -0.423. The Bertz CT molecular complexity index is 633. The zero-order valence-electron chi connectivity index (χ0n) is 10.4. The highest BCUT2D eigenvalue weighted by Crippen LogP contribution is 2.28. The fraction of sp³-hybridized carbons (Fsp3) is 0.231. The molecule has 19 heavy (non-hydrogen) atoms. The number of carbonyl (C=O) groups is 1. The number of nitrogens with zero attached hydrogens (tertiary/aromatic N) is 1. The highest BCUT2D eigenvalue weighted by molar-refractivity contribution is 9.10. The van der Waals surface area contributed by atoms with E-state index in [9.17, 15) is 4.79 Å². The van der Waals surface area contributed by atoms with E-state index in [1.54, 1.807) is 12.5 Å². The lowest BCUT2D eigenvalue weighted by Crippen LogP contribution is -2.23. The van der Waals surface area contributed by atoms with Gasteiger partial charge in [0, 0.05) is 16.1 Å². The van der Waals surface area contributed by atoms with Crippen LogP contribution in [0, 0.1) is 6.92 Å². The predicted octanol–water partition coefficient (Wildman–Crippen LogP) is 3.46. The van der Waals surface area contributed by atoms with Gasteiger partial charge in [-0.1, -0.05) is 0 Å². The molecule has 0 bridgehead atoms. The van der Waals surface area contributed by atoms with Crippen LogP contribution in [0.15, 0.2) is 28.9 Å². The molecule has 1 aromatic heterocycles. The lowest BCUT2D eigenvalue weighted by molar-refractivity contribution is -0.140. The average Bonchev–Trinajstić information content (AvgIpc) is 2.36. The number of ether oxygens (including phenoxy) is 1. The summed E-state index contributed by atoms with van der Waals surface area (Å²) in [5, 5.41) is 9.92. The van der Waals surface area contributed by atoms with E-state index in [0.717, 1.165) is 32.7 Å². The minimum absolute atomic E-state index is 0.564. The standard InChI is InChI=1S/C13H12BrNO3S/c1-7-3-10-8(4-9(14)6-15-10)5-11(7)18-13(19-2)12(16)17/h3-6,13H,1-2H3,(H,16,17). The molecule has 2 rings (SSSR count). The molecule has 2 aromatic rings. The van der Waals surface area contributed by atoms with E-state index in [2.05, 4.69) is 20.9 Å². The number of halogens is 1. The summed E-state index contributed by atoms with van der Waals surface area (Å²) in [5.41, 5.74) is 0.808. The first-order valence-corrected chi connectivity index (χ1v) is 7.57. The van der Waals surface area contributed by atoms with Gasteiger partial charge in [0.1, 0.15) is 5.75 Å². The van der Waals surface area contributed by atoms with E-state index in [4.69, 9.17) is 9.84 Å². The molecule has 4 nitrogen and oxygen atoms in total. The molecule has 1 atom stereocenters. The zero-order chi connectivity index (χ0) is 14.0. The predicted molar refractivity (Wildman–Crippen MR) is 79.7 cm³/mol. The normalized spacial score (nSPS) is 12.4. The molecular formula is C13H12BrNO3S. The third kappa shape index (κ3) is 3.19. The number of rotatable bonds is 4. The second kappa shape index (κ2) is 5.79. The number of thioether (sulfide) groups is 1. The van der Waals surface area contributed by atoms with Crippen LogP contribution < -0.4 is 4.74 Å². The minimum Gasteiger partial charge on any atom is -0.478 e. The van der Waals surface area contributed by atoms with Crippen molar-refractivity contribution in [2.24, 2.45) is 0 Å². The van der Waals surface area contributed by atoms with Crippen molar-refractivity contribution in [2.45, 2.75) is 12.4 Å². The highest BCUT2D eigenvalue weighted by Gasteiger charge is 2.18. The van der Waals surface area contributed by atoms with Gasteiger partial charge in [0.15, 0.2) is 0 Å². The molecule has 1 heterocycles. The molecular weight excluding hydrogens is 330 g/mol. The molecule has 0 amide bonds. The molecule has 0 spiro atoms. The van der Waals surface area contributed by atoms with E-state index in [1.807, 2.05) is 25.1 Å². The second-order valence-corrected chi connectivity index (χ2v) is 5.80. The minimum atomic E-state index is -0.987. The summed E-state index contributed by atoms with van der Waals surface area (Å²) in [7, 11) is 0. The Hall–Kier alpha value is -1.27. The van der Waals surface area contributed by atoms with Crippen LogP contribution in [0.1, 0.15) is 5.56 Å². The lowest BCUT2D eigenvalue weighted by Gasteiger charge is -2.15. The number of carboxylic acids is 1. The van der Waals surface area contributed by atoms with Crippen molar-refractivity contribution in [3.05, 3.63) is 34.4 Å². The van der Waals surface area contributed by atoms with E-state index in [1.165, 1.54) is 0 Å². The Balaban J connectivity index is 2.42. The van der Waals surface area contributed by atoms with Crippen LogP contribution in [0.4, 0.5) is 0 Å². The quantitative estimate of drug-likeness (QED) is 0.863. The van der Waals surface area contributed by atoms with Crippen molar-refractivity contribution in [3.8, 4) is 5.75 Å². The fourth-order valence-corrected chi connectivity index (χ4v) is 2.43. The number of hydrogen-bond acceptors (Lipinski definition) is 4. The topological polar surface area (TPSA) is 59.4 Å². The monoisotopic (exact) mass is 341 g/mol. The molecule has 6 heteroatoms. The maximum atomic E-state index is 11.0. The number of aromatic nitrogens is 1. The SMILES string of the molecule is CSC(Oc1cc2cc(Br)cnc2cc1C)C(=O)O. The number of fused-ring (bicyclic) bond motifs is 1. The van der Waals surface area contributed by atoms with E-state index in [0.29, 0.717) is 5.75 Å². The Morgan fingerprint density at radius 2 is 2.21 bits per heavy atom. The van der Waals surface area contributed by atoms with Crippen LogP contribution in [0.2, 0.25) is 0 Å². The summed E-state index contributed by atoms with van der Waals surface area (Å²) in [6, 6.07) is 5.62. The van der Waals surface area contributed by atoms with Gasteiger partial charge < -0.3 is 9.84 Å². The molecule has 0 radical (unpaired) electrons. The number of benzene rings is 1. The van der Waals surface area contributed by atoms with Crippen molar-refractivity contribution in [3.63, 3.8) is 0 Å². The van der Waals surface area contributed by atoms with Crippen LogP contribution in [-0.2, 0) is 4.79 Å². The van der Waals surface area contributed by atoms with Crippen molar-refractivity contribution < 1.29 is 14.6 Å². The van der Waals surface area contributed by atoms with Crippen LogP contribution in [0.25, 0.3) is 10.9 Å². The molecule has 1 N–H and O–H groups in total. The van der Waals surface area contributed by atoms with Gasteiger partial charge in [-0.2, -0.15) is 0 Å². The molecule has 0 fully saturated rings. The molecule has 100 valence electrons. The number of aryl methyl sites for hydroxylation is 1. The maximum Gasteiger partial charge on any atom is 0.355 e. The van der Waals surface area contributed by atoms with Crippen molar-refractivity contribution in [2.75, 3.05) is 6.26 Å². The van der Waals surface area contributed by atoms with Gasteiger partial charge in [-0.15, -0.1) is 11.8 Å². The number of carboxylic acid groups (broad SMARTS) is 1. The summed E-state index contributed by atoms with van der Waals surface area (Å²) in [6.07, 6.45) is 3.43. The molecule has 0 saturated heterocycles. The van der Waals surface area contributed by atoms with Gasteiger partial charge in [-0.25, -0.2) is 4.79 Å². The molecule has 0 aliphatic heterocycles. The van der Waals surface area contributed by atoms with Crippen LogP contribution in [0.3, 0.4) is 0 Å². The van der Waals surface area contributed by atoms with Crippen LogP contribution in [-0.4, -0.2) is 27.8 Å². The van der Waals surface area contributed by atoms with E-state index >= 15 is 0 Å². The first-order valence-electron chi connectivity index (χ1n) is 5.49. The molecule has 0 aliphatic rings. The van der Waals surface area contributed by atoms with Gasteiger partial charge in [0.2, 0.25) is 5.44 Å². The zero-order valence-corrected chi connectivity index (χ0v) is 12.8. The first-order chi connectivity index (χ1) is 9.01. The second-order valence-electron chi connectivity index (χ2n) is 3.99. The van der Waals surface area contributed by atoms with Gasteiger partial charge in [-0.3, -0.25) is 4.98 Å². The Kier molecular flexibility index (Phi) is 4.31. The Morgan fingerprint density at radius 3 is 2.84 bits per heavy atom. The smallest absolute Gasteiger partial charge is 0.355 e. The maximum absolute atomic E-state index is 11.0. The molecule has 0 aliphatic carbocycles. The highest BCUT2D eigenvalue weighted by atomic mass is 79.9. The average molecular weight is 342 g/mol. The Morgan fingerprint density at radius 1 is 1.47 bits per heavy atom. The van der Waals surface area contributed by atoms with Crippen molar-refractivity contribution in [1.82, 2.24) is 4.98 Å². The largest absolute Gasteiger partial charge is 0.478 e. The fourth-order valence-electron chi connectivity index (χ4n) is 1.67.